The molecule has 4 nitrogen and oxygen atoms in total. The van der Waals surface area contributed by atoms with Crippen molar-refractivity contribution in [2.45, 2.75) is 6.42 Å². The second kappa shape index (κ2) is 9.72. The lowest BCUT2D eigenvalue weighted by molar-refractivity contribution is 0.0927. The third kappa shape index (κ3) is 5.44. The van der Waals surface area contributed by atoms with Gasteiger partial charge in [0.2, 0.25) is 0 Å². The summed E-state index contributed by atoms with van der Waals surface area (Å²) in [6, 6.07) is 24.3. The molecule has 0 saturated carbocycles. The van der Waals surface area contributed by atoms with Crippen LogP contribution >= 0.6 is 11.6 Å². The summed E-state index contributed by atoms with van der Waals surface area (Å²) in [6.07, 6.45) is 0.692. The number of hydrogen-bond acceptors (Lipinski definition) is 2. The van der Waals surface area contributed by atoms with Crippen LogP contribution in [-0.4, -0.2) is 24.9 Å². The van der Waals surface area contributed by atoms with Crippen LogP contribution in [0.1, 0.15) is 31.8 Å². The average molecular weight is 393 g/mol. The minimum absolute atomic E-state index is 0.146. The molecule has 0 atom stereocenters. The monoisotopic (exact) mass is 392 g/mol. The number of halogens is 1. The summed E-state index contributed by atoms with van der Waals surface area (Å²) in [4.78, 5) is 24.6. The van der Waals surface area contributed by atoms with Gasteiger partial charge in [0.1, 0.15) is 0 Å². The maximum absolute atomic E-state index is 12.6. The molecule has 142 valence electrons. The van der Waals surface area contributed by atoms with E-state index in [1.165, 1.54) is 0 Å². The van der Waals surface area contributed by atoms with Crippen molar-refractivity contribution in [2.24, 2.45) is 0 Å². The molecule has 0 bridgehead atoms. The van der Waals surface area contributed by atoms with Crippen LogP contribution in [-0.2, 0) is 6.42 Å². The molecule has 0 aliphatic rings. The molecule has 3 aromatic rings. The number of rotatable bonds is 7. The molecule has 0 aromatic heterocycles. The third-order valence-corrected chi connectivity index (χ3v) is 4.55. The molecule has 0 aliphatic carbocycles. The fraction of sp³-hybridized carbons (Fsp3) is 0.130. The van der Waals surface area contributed by atoms with Gasteiger partial charge in [-0.15, -0.1) is 0 Å². The molecule has 0 aliphatic heterocycles. The average Bonchev–Trinajstić information content (AvgIpc) is 2.72. The molecule has 28 heavy (non-hydrogen) atoms. The van der Waals surface area contributed by atoms with Crippen LogP contribution in [0.4, 0.5) is 0 Å². The Bertz CT molecular complexity index is 940. The van der Waals surface area contributed by atoms with Gasteiger partial charge < -0.3 is 10.6 Å². The molecule has 2 amide bonds. The standard InChI is InChI=1S/C23H21ClN2O2/c24-20-12-10-18(11-13-20)22(27)25-14-15-26-23(28)21-9-5-4-8-19(21)16-17-6-2-1-3-7-17/h1-13H,14-16H2,(H,25,27)(H,26,28). The second-order valence-corrected chi connectivity index (χ2v) is 6.77. The first kappa shape index (κ1) is 19.6. The molecule has 3 rings (SSSR count). The van der Waals surface area contributed by atoms with E-state index in [4.69, 9.17) is 11.6 Å². The third-order valence-electron chi connectivity index (χ3n) is 4.30. The molecular weight excluding hydrogens is 372 g/mol. The molecule has 5 heteroatoms. The van der Waals surface area contributed by atoms with Gasteiger partial charge in [0.15, 0.2) is 0 Å². The highest BCUT2D eigenvalue weighted by molar-refractivity contribution is 6.30. The van der Waals surface area contributed by atoms with Crippen LogP contribution in [0.25, 0.3) is 0 Å². The molecule has 2 N–H and O–H groups in total. The first-order valence-corrected chi connectivity index (χ1v) is 9.45. The second-order valence-electron chi connectivity index (χ2n) is 6.34. The van der Waals surface area contributed by atoms with Crippen molar-refractivity contribution in [1.29, 1.82) is 0 Å². The highest BCUT2D eigenvalue weighted by Crippen LogP contribution is 2.14. The molecule has 0 unspecified atom stereocenters. The zero-order chi connectivity index (χ0) is 19.8. The SMILES string of the molecule is O=C(NCCNC(=O)c1ccccc1Cc1ccccc1)c1ccc(Cl)cc1. The lowest BCUT2D eigenvalue weighted by Gasteiger charge is -2.11. The van der Waals surface area contributed by atoms with Gasteiger partial charge in [-0.05, 0) is 47.9 Å². The largest absolute Gasteiger partial charge is 0.350 e. The Balaban J connectivity index is 1.52. The zero-order valence-corrected chi connectivity index (χ0v) is 16.1. The smallest absolute Gasteiger partial charge is 0.251 e. The Morgan fingerprint density at radius 2 is 1.32 bits per heavy atom. The number of amides is 2. The van der Waals surface area contributed by atoms with Crippen LogP contribution < -0.4 is 10.6 Å². The number of nitrogens with one attached hydrogen (secondary N) is 2. The van der Waals surface area contributed by atoms with Crippen molar-refractivity contribution < 1.29 is 9.59 Å². The first-order valence-electron chi connectivity index (χ1n) is 9.07. The lowest BCUT2D eigenvalue weighted by Crippen LogP contribution is -2.35. The van der Waals surface area contributed by atoms with Gasteiger partial charge in [0.25, 0.3) is 11.8 Å². The minimum Gasteiger partial charge on any atom is -0.350 e. The molecular formula is C23H21ClN2O2. The van der Waals surface area contributed by atoms with Crippen LogP contribution in [0.5, 0.6) is 0 Å². The Morgan fingerprint density at radius 1 is 0.714 bits per heavy atom. The van der Waals surface area contributed by atoms with E-state index in [0.29, 0.717) is 35.7 Å². The summed E-state index contributed by atoms with van der Waals surface area (Å²) in [5, 5.41) is 6.23. The summed E-state index contributed by atoms with van der Waals surface area (Å²) in [5.41, 5.74) is 3.30. The molecule has 3 aromatic carbocycles. The molecule has 0 saturated heterocycles. The quantitative estimate of drug-likeness (QED) is 0.595. The van der Waals surface area contributed by atoms with Crippen molar-refractivity contribution in [3.63, 3.8) is 0 Å². The molecule has 0 heterocycles. The number of benzene rings is 3. The molecule has 0 spiro atoms. The summed E-state index contributed by atoms with van der Waals surface area (Å²) >= 11 is 5.82. The van der Waals surface area contributed by atoms with E-state index in [-0.39, 0.29) is 11.8 Å². The molecule has 0 fully saturated rings. The predicted molar refractivity (Wildman–Crippen MR) is 112 cm³/mol. The Hall–Kier alpha value is -3.11. The summed E-state index contributed by atoms with van der Waals surface area (Å²) in [5.74, 6) is -0.345. The van der Waals surface area contributed by atoms with E-state index in [2.05, 4.69) is 10.6 Å². The van der Waals surface area contributed by atoms with Gasteiger partial charge in [0.05, 0.1) is 0 Å². The lowest BCUT2D eigenvalue weighted by atomic mass is 9.99. The zero-order valence-electron chi connectivity index (χ0n) is 15.3. The maximum Gasteiger partial charge on any atom is 0.251 e. The van der Waals surface area contributed by atoms with Crippen molar-refractivity contribution in [1.82, 2.24) is 10.6 Å². The summed E-state index contributed by atoms with van der Waals surface area (Å²) in [6.45, 7) is 0.686. The van der Waals surface area contributed by atoms with Gasteiger partial charge in [-0.2, -0.15) is 0 Å². The van der Waals surface area contributed by atoms with Gasteiger partial charge in [-0.3, -0.25) is 9.59 Å². The fourth-order valence-corrected chi connectivity index (χ4v) is 2.99. The minimum atomic E-state index is -0.199. The predicted octanol–water partition coefficient (Wildman–Crippen LogP) is 4.09. The van der Waals surface area contributed by atoms with Crippen LogP contribution in [0.15, 0.2) is 78.9 Å². The first-order chi connectivity index (χ1) is 13.6. The number of carbonyl (C=O) groups excluding carboxylic acids is 2. The number of carbonyl (C=O) groups is 2. The summed E-state index contributed by atoms with van der Waals surface area (Å²) in [7, 11) is 0. The number of hydrogen-bond donors (Lipinski definition) is 2. The Labute approximate surface area is 169 Å². The van der Waals surface area contributed by atoms with Crippen molar-refractivity contribution >= 4 is 23.4 Å². The Kier molecular flexibility index (Phi) is 6.82. The van der Waals surface area contributed by atoms with Crippen molar-refractivity contribution in [2.75, 3.05) is 13.1 Å². The van der Waals surface area contributed by atoms with Crippen molar-refractivity contribution in [3.05, 3.63) is 106 Å². The van der Waals surface area contributed by atoms with E-state index in [9.17, 15) is 9.59 Å². The fourth-order valence-electron chi connectivity index (χ4n) is 2.86. The van der Waals surface area contributed by atoms with Crippen LogP contribution in [0, 0.1) is 0 Å². The topological polar surface area (TPSA) is 58.2 Å². The maximum atomic E-state index is 12.6. The van der Waals surface area contributed by atoms with Gasteiger partial charge in [-0.1, -0.05) is 60.1 Å². The van der Waals surface area contributed by atoms with E-state index in [0.717, 1.165) is 11.1 Å². The van der Waals surface area contributed by atoms with Gasteiger partial charge >= 0.3 is 0 Å². The molecule has 0 radical (unpaired) electrons. The van der Waals surface area contributed by atoms with E-state index in [1.54, 1.807) is 24.3 Å². The Morgan fingerprint density at radius 3 is 2.04 bits per heavy atom. The summed E-state index contributed by atoms with van der Waals surface area (Å²) < 4.78 is 0. The van der Waals surface area contributed by atoms with E-state index >= 15 is 0 Å². The highest BCUT2D eigenvalue weighted by atomic mass is 35.5. The van der Waals surface area contributed by atoms with Gasteiger partial charge in [0, 0.05) is 29.2 Å². The van der Waals surface area contributed by atoms with E-state index in [1.807, 2.05) is 54.6 Å². The van der Waals surface area contributed by atoms with Gasteiger partial charge in [-0.25, -0.2) is 0 Å². The van der Waals surface area contributed by atoms with Crippen LogP contribution in [0.3, 0.4) is 0 Å². The van der Waals surface area contributed by atoms with E-state index < -0.39 is 0 Å². The van der Waals surface area contributed by atoms with Crippen LogP contribution in [0.2, 0.25) is 5.02 Å². The van der Waals surface area contributed by atoms with Crippen molar-refractivity contribution in [3.8, 4) is 0 Å². The normalized spacial score (nSPS) is 10.3. The highest BCUT2D eigenvalue weighted by Gasteiger charge is 2.11.